The van der Waals surface area contributed by atoms with E-state index in [0.717, 1.165) is 5.56 Å². The summed E-state index contributed by atoms with van der Waals surface area (Å²) < 4.78 is 4.67. The molecule has 1 aromatic carbocycles. The van der Waals surface area contributed by atoms with E-state index in [9.17, 15) is 9.59 Å². The summed E-state index contributed by atoms with van der Waals surface area (Å²) in [6.07, 6.45) is 0.0425. The van der Waals surface area contributed by atoms with Crippen LogP contribution in [0.4, 0.5) is 4.79 Å². The van der Waals surface area contributed by atoms with Crippen LogP contribution < -0.4 is 5.73 Å². The number of methoxy groups -OCH3 is 1. The highest BCUT2D eigenvalue weighted by molar-refractivity contribution is 5.85. The number of nitrogens with two attached hydrogens (primary N) is 1. The molecule has 0 radical (unpaired) electrons. The Labute approximate surface area is 147 Å². The third-order valence-corrected chi connectivity index (χ3v) is 3.88. The van der Waals surface area contributed by atoms with E-state index < -0.39 is 6.04 Å². The highest BCUT2D eigenvalue weighted by Crippen LogP contribution is 2.09. The normalized spacial score (nSPS) is 15.0. The summed E-state index contributed by atoms with van der Waals surface area (Å²) in [6, 6.07) is 8.45. The minimum Gasteiger partial charge on any atom is -0.453 e. The zero-order valence-electron chi connectivity index (χ0n) is 13.5. The van der Waals surface area contributed by atoms with Crippen LogP contribution in [-0.2, 0) is 16.0 Å². The first-order valence-electron chi connectivity index (χ1n) is 7.41. The lowest BCUT2D eigenvalue weighted by Crippen LogP contribution is -2.54. The van der Waals surface area contributed by atoms with Crippen LogP contribution in [-0.4, -0.2) is 61.1 Å². The fourth-order valence-electron chi connectivity index (χ4n) is 2.53. The van der Waals surface area contributed by atoms with Crippen molar-refractivity contribution in [2.45, 2.75) is 12.5 Å². The first kappa shape index (κ1) is 19.7. The van der Waals surface area contributed by atoms with Crippen LogP contribution in [0.3, 0.4) is 0 Å². The second kappa shape index (κ2) is 9.11. The Hall–Kier alpha value is -2.30. The number of halogens is 1. The van der Waals surface area contributed by atoms with Crippen molar-refractivity contribution < 1.29 is 14.3 Å². The second-order valence-electron chi connectivity index (χ2n) is 5.40. The van der Waals surface area contributed by atoms with Crippen LogP contribution in [0.1, 0.15) is 11.1 Å². The van der Waals surface area contributed by atoms with Crippen molar-refractivity contribution >= 4 is 24.4 Å². The number of nitriles is 1. The molecule has 0 aliphatic carbocycles. The smallest absolute Gasteiger partial charge is 0.409 e. The maximum atomic E-state index is 12.4. The van der Waals surface area contributed by atoms with Gasteiger partial charge in [0.1, 0.15) is 0 Å². The van der Waals surface area contributed by atoms with Gasteiger partial charge < -0.3 is 20.3 Å². The number of hydrogen-bond acceptors (Lipinski definition) is 5. The molecule has 2 amide bonds. The summed E-state index contributed by atoms with van der Waals surface area (Å²) in [5, 5.41) is 8.77. The Morgan fingerprint density at radius 2 is 1.75 bits per heavy atom. The lowest BCUT2D eigenvalue weighted by molar-refractivity contribution is -0.134. The van der Waals surface area contributed by atoms with E-state index in [-0.39, 0.29) is 24.4 Å². The largest absolute Gasteiger partial charge is 0.453 e. The van der Waals surface area contributed by atoms with E-state index >= 15 is 0 Å². The molecule has 2 N–H and O–H groups in total. The predicted molar refractivity (Wildman–Crippen MR) is 90.6 cm³/mol. The van der Waals surface area contributed by atoms with Gasteiger partial charge in [0.2, 0.25) is 5.91 Å². The molecule has 1 saturated heterocycles. The first-order valence-corrected chi connectivity index (χ1v) is 7.41. The number of hydrogen-bond donors (Lipinski definition) is 1. The van der Waals surface area contributed by atoms with E-state index in [1.165, 1.54) is 7.11 Å². The number of carbonyl (C=O) groups is 2. The van der Waals surface area contributed by atoms with Gasteiger partial charge in [-0.15, -0.1) is 12.4 Å². The number of nitrogens with zero attached hydrogens (tertiary/aromatic N) is 3. The highest BCUT2D eigenvalue weighted by Gasteiger charge is 2.27. The van der Waals surface area contributed by atoms with Crippen molar-refractivity contribution in [3.8, 4) is 6.07 Å². The Balaban J connectivity index is 0.00000288. The van der Waals surface area contributed by atoms with Gasteiger partial charge in [-0.25, -0.2) is 4.79 Å². The fourth-order valence-corrected chi connectivity index (χ4v) is 2.53. The molecule has 0 bridgehead atoms. The van der Waals surface area contributed by atoms with Crippen LogP contribution in [0.15, 0.2) is 24.3 Å². The Bertz CT molecular complexity index is 607. The van der Waals surface area contributed by atoms with Crippen LogP contribution in [0.2, 0.25) is 0 Å². The first-order chi connectivity index (χ1) is 11.0. The van der Waals surface area contributed by atoms with Crippen molar-refractivity contribution in [1.29, 1.82) is 5.26 Å². The molecule has 1 fully saturated rings. The maximum absolute atomic E-state index is 12.4. The Morgan fingerprint density at radius 1 is 1.21 bits per heavy atom. The average molecular weight is 353 g/mol. The summed E-state index contributed by atoms with van der Waals surface area (Å²) in [7, 11) is 1.34. The maximum Gasteiger partial charge on any atom is 0.409 e. The molecule has 0 spiro atoms. The average Bonchev–Trinajstić information content (AvgIpc) is 2.61. The second-order valence-corrected chi connectivity index (χ2v) is 5.40. The van der Waals surface area contributed by atoms with E-state index in [1.54, 1.807) is 34.1 Å². The molecule has 1 atom stereocenters. The van der Waals surface area contributed by atoms with Crippen molar-refractivity contribution in [1.82, 2.24) is 9.80 Å². The van der Waals surface area contributed by atoms with Crippen molar-refractivity contribution in [2.24, 2.45) is 5.73 Å². The Kier molecular flexibility index (Phi) is 7.49. The van der Waals surface area contributed by atoms with E-state index in [2.05, 4.69) is 10.8 Å². The van der Waals surface area contributed by atoms with Gasteiger partial charge in [0.05, 0.1) is 24.8 Å². The van der Waals surface area contributed by atoms with Crippen molar-refractivity contribution in [3.05, 3.63) is 35.4 Å². The van der Waals surface area contributed by atoms with Gasteiger partial charge in [0.15, 0.2) is 0 Å². The van der Waals surface area contributed by atoms with Gasteiger partial charge in [0, 0.05) is 26.2 Å². The van der Waals surface area contributed by atoms with Crippen molar-refractivity contribution in [3.63, 3.8) is 0 Å². The molecule has 1 aliphatic heterocycles. The SMILES string of the molecule is COC(=O)N1CCN(C(=O)[C@@H](N)Cc2ccc(C#N)cc2)CC1.Cl. The number of ether oxygens (including phenoxy) is 1. The van der Waals surface area contributed by atoms with Gasteiger partial charge in [-0.3, -0.25) is 4.79 Å². The fraction of sp³-hybridized carbons (Fsp3) is 0.438. The summed E-state index contributed by atoms with van der Waals surface area (Å²) in [5.41, 5.74) is 7.50. The molecular weight excluding hydrogens is 332 g/mol. The molecule has 0 unspecified atom stereocenters. The monoisotopic (exact) mass is 352 g/mol. The van der Waals surface area contributed by atoms with E-state index in [4.69, 9.17) is 11.0 Å². The topological polar surface area (TPSA) is 99.7 Å². The summed E-state index contributed by atoms with van der Waals surface area (Å²) in [4.78, 5) is 27.0. The molecule has 1 aromatic rings. The van der Waals surface area contributed by atoms with Gasteiger partial charge >= 0.3 is 6.09 Å². The van der Waals surface area contributed by atoms with Crippen LogP contribution >= 0.6 is 12.4 Å². The molecule has 7 nitrogen and oxygen atoms in total. The zero-order chi connectivity index (χ0) is 16.8. The third-order valence-electron chi connectivity index (χ3n) is 3.88. The predicted octanol–water partition coefficient (Wildman–Crippen LogP) is 0.760. The van der Waals surface area contributed by atoms with Crippen molar-refractivity contribution in [2.75, 3.05) is 33.3 Å². The lowest BCUT2D eigenvalue weighted by atomic mass is 10.0. The number of rotatable bonds is 3. The molecule has 0 saturated carbocycles. The highest BCUT2D eigenvalue weighted by atomic mass is 35.5. The van der Waals surface area contributed by atoms with Gasteiger partial charge in [-0.2, -0.15) is 5.26 Å². The van der Waals surface area contributed by atoms with Gasteiger partial charge in [0.25, 0.3) is 0 Å². The van der Waals surface area contributed by atoms with Crippen LogP contribution in [0, 0.1) is 11.3 Å². The molecule has 0 aromatic heterocycles. The zero-order valence-corrected chi connectivity index (χ0v) is 14.3. The molecule has 1 heterocycles. The van der Waals surface area contributed by atoms with Crippen LogP contribution in [0.5, 0.6) is 0 Å². The standard InChI is InChI=1S/C16H20N4O3.ClH/c1-23-16(22)20-8-6-19(7-9-20)15(21)14(18)10-12-2-4-13(11-17)5-3-12;/h2-5,14H,6-10,18H2,1H3;1H/t14-;/m0./s1. The molecule has 24 heavy (non-hydrogen) atoms. The number of amides is 2. The minimum atomic E-state index is -0.632. The van der Waals surface area contributed by atoms with Crippen LogP contribution in [0.25, 0.3) is 0 Å². The summed E-state index contributed by atoms with van der Waals surface area (Å²) >= 11 is 0. The minimum absolute atomic E-state index is 0. The number of piperazine rings is 1. The lowest BCUT2D eigenvalue weighted by Gasteiger charge is -2.35. The summed E-state index contributed by atoms with van der Waals surface area (Å²) in [5.74, 6) is -0.126. The Morgan fingerprint density at radius 3 is 2.25 bits per heavy atom. The number of carbonyl (C=O) groups excluding carboxylic acids is 2. The van der Waals surface area contributed by atoms with E-state index in [1.807, 2.05) is 0 Å². The molecule has 8 heteroatoms. The summed E-state index contributed by atoms with van der Waals surface area (Å²) in [6.45, 7) is 1.80. The quantitative estimate of drug-likeness (QED) is 0.865. The third kappa shape index (κ3) is 4.85. The molecule has 1 aliphatic rings. The molecule has 2 rings (SSSR count). The molecule has 130 valence electrons. The number of benzene rings is 1. The van der Waals surface area contributed by atoms with E-state index in [0.29, 0.717) is 38.2 Å². The van der Waals surface area contributed by atoms with Gasteiger partial charge in [-0.05, 0) is 24.1 Å². The van der Waals surface area contributed by atoms with Gasteiger partial charge in [-0.1, -0.05) is 12.1 Å². The molecular formula is C16H21ClN4O3.